The number of aryl methyl sites for hydroxylation is 1. The minimum Gasteiger partial charge on any atom is -0.349 e. The van der Waals surface area contributed by atoms with Crippen LogP contribution in [0.3, 0.4) is 0 Å². The summed E-state index contributed by atoms with van der Waals surface area (Å²) < 4.78 is 1.43. The number of carbonyl (C=O) groups excluding carboxylic acids is 2. The van der Waals surface area contributed by atoms with Crippen LogP contribution in [-0.4, -0.2) is 22.4 Å². The molecule has 1 aromatic heterocycles. The van der Waals surface area contributed by atoms with Crippen molar-refractivity contribution in [1.82, 2.24) is 9.88 Å². The third-order valence-electron chi connectivity index (χ3n) is 5.36. The van der Waals surface area contributed by atoms with Crippen molar-refractivity contribution in [1.29, 1.82) is 0 Å². The van der Waals surface area contributed by atoms with E-state index in [0.29, 0.717) is 11.4 Å². The summed E-state index contributed by atoms with van der Waals surface area (Å²) in [7, 11) is 0. The van der Waals surface area contributed by atoms with Gasteiger partial charge in [-0.15, -0.1) is 0 Å². The van der Waals surface area contributed by atoms with E-state index >= 15 is 0 Å². The number of rotatable bonds is 7. The van der Waals surface area contributed by atoms with Gasteiger partial charge in [0.1, 0.15) is 5.56 Å². The van der Waals surface area contributed by atoms with Crippen LogP contribution in [0.1, 0.15) is 50.0 Å². The molecule has 0 saturated heterocycles. The number of aromatic nitrogens is 1. The third-order valence-corrected chi connectivity index (χ3v) is 5.36. The number of benzene rings is 2. The lowest BCUT2D eigenvalue weighted by Gasteiger charge is -2.18. The molecule has 6 nitrogen and oxygen atoms in total. The van der Waals surface area contributed by atoms with Crippen LogP contribution in [0.5, 0.6) is 0 Å². The average molecular weight is 446 g/mol. The summed E-state index contributed by atoms with van der Waals surface area (Å²) in [4.78, 5) is 37.9. The highest BCUT2D eigenvalue weighted by Gasteiger charge is 2.21. The summed E-state index contributed by atoms with van der Waals surface area (Å²) >= 11 is 0. The topological polar surface area (TPSA) is 80.2 Å². The molecule has 6 heteroatoms. The molecular weight excluding hydrogens is 414 g/mol. The SMILES string of the molecule is CC(CCc1ccccc1)NC(=O)c1cccn(-c2ccc(NC(=O)C(C)(C)C)cc2)c1=O. The molecule has 3 aromatic rings. The lowest BCUT2D eigenvalue weighted by atomic mass is 9.95. The Bertz CT molecular complexity index is 1160. The Morgan fingerprint density at radius 1 is 0.939 bits per heavy atom. The summed E-state index contributed by atoms with van der Waals surface area (Å²) in [5.41, 5.74) is 1.66. The Hall–Kier alpha value is -3.67. The number of carbonyl (C=O) groups is 2. The highest BCUT2D eigenvalue weighted by Crippen LogP contribution is 2.18. The van der Waals surface area contributed by atoms with E-state index in [1.54, 1.807) is 36.5 Å². The molecule has 0 fully saturated rings. The van der Waals surface area contributed by atoms with Crippen LogP contribution in [-0.2, 0) is 11.2 Å². The van der Waals surface area contributed by atoms with Gasteiger partial charge in [-0.2, -0.15) is 0 Å². The van der Waals surface area contributed by atoms with Crippen LogP contribution >= 0.6 is 0 Å². The zero-order chi connectivity index (χ0) is 24.0. The van der Waals surface area contributed by atoms with Crippen molar-refractivity contribution < 1.29 is 9.59 Å². The number of hydrogen-bond acceptors (Lipinski definition) is 3. The van der Waals surface area contributed by atoms with Crippen LogP contribution in [0.25, 0.3) is 5.69 Å². The monoisotopic (exact) mass is 445 g/mol. The minimum absolute atomic E-state index is 0.0727. The Labute approximate surface area is 194 Å². The first-order chi connectivity index (χ1) is 15.6. The van der Waals surface area contributed by atoms with Crippen molar-refractivity contribution in [3.05, 3.63) is 94.4 Å². The zero-order valence-electron chi connectivity index (χ0n) is 19.6. The van der Waals surface area contributed by atoms with Crippen molar-refractivity contribution in [2.75, 3.05) is 5.32 Å². The molecule has 0 aliphatic heterocycles. The predicted octanol–water partition coefficient (Wildman–Crippen LogP) is 4.57. The normalized spacial score (nSPS) is 12.1. The Morgan fingerprint density at radius 2 is 1.61 bits per heavy atom. The highest BCUT2D eigenvalue weighted by molar-refractivity contribution is 5.95. The molecule has 1 heterocycles. The maximum Gasteiger partial charge on any atom is 0.267 e. The number of anilines is 1. The van der Waals surface area contributed by atoms with Gasteiger partial charge in [-0.3, -0.25) is 19.0 Å². The molecule has 33 heavy (non-hydrogen) atoms. The van der Waals surface area contributed by atoms with Gasteiger partial charge >= 0.3 is 0 Å². The van der Waals surface area contributed by atoms with Gasteiger partial charge in [0.25, 0.3) is 11.5 Å². The van der Waals surface area contributed by atoms with E-state index in [4.69, 9.17) is 0 Å². The van der Waals surface area contributed by atoms with Crippen LogP contribution in [0.2, 0.25) is 0 Å². The first-order valence-corrected chi connectivity index (χ1v) is 11.1. The Kier molecular flexibility index (Phi) is 7.48. The van der Waals surface area contributed by atoms with Gasteiger partial charge in [-0.1, -0.05) is 51.1 Å². The van der Waals surface area contributed by atoms with Gasteiger partial charge in [-0.25, -0.2) is 0 Å². The van der Waals surface area contributed by atoms with Gasteiger partial charge < -0.3 is 10.6 Å². The Balaban J connectivity index is 1.69. The molecule has 0 bridgehead atoms. The fraction of sp³-hybridized carbons (Fsp3) is 0.296. The molecular formula is C27H31N3O3. The van der Waals surface area contributed by atoms with Crippen molar-refractivity contribution >= 4 is 17.5 Å². The third kappa shape index (κ3) is 6.42. The maximum atomic E-state index is 13.0. The first kappa shape index (κ1) is 24.0. The molecule has 0 aliphatic carbocycles. The number of amides is 2. The van der Waals surface area contributed by atoms with Crippen molar-refractivity contribution in [2.24, 2.45) is 5.41 Å². The van der Waals surface area contributed by atoms with E-state index in [1.165, 1.54) is 16.2 Å². The van der Waals surface area contributed by atoms with Gasteiger partial charge in [0.05, 0.1) is 0 Å². The minimum atomic E-state index is -0.504. The molecule has 172 valence electrons. The quantitative estimate of drug-likeness (QED) is 0.559. The van der Waals surface area contributed by atoms with E-state index in [-0.39, 0.29) is 23.4 Å². The number of pyridine rings is 1. The average Bonchev–Trinajstić information content (AvgIpc) is 2.78. The smallest absolute Gasteiger partial charge is 0.267 e. The summed E-state index contributed by atoms with van der Waals surface area (Å²) in [5, 5.41) is 5.79. The molecule has 2 aromatic carbocycles. The predicted molar refractivity (Wildman–Crippen MR) is 132 cm³/mol. The fourth-order valence-electron chi connectivity index (χ4n) is 3.30. The second-order valence-electron chi connectivity index (χ2n) is 9.25. The molecule has 0 saturated carbocycles. The number of hydrogen-bond donors (Lipinski definition) is 2. The first-order valence-electron chi connectivity index (χ1n) is 11.1. The summed E-state index contributed by atoms with van der Waals surface area (Å²) in [6, 6.07) is 20.2. The molecule has 0 spiro atoms. The van der Waals surface area contributed by atoms with Gasteiger partial charge in [0.2, 0.25) is 5.91 Å². The van der Waals surface area contributed by atoms with Crippen LogP contribution < -0.4 is 16.2 Å². The van der Waals surface area contributed by atoms with Crippen molar-refractivity contribution in [3.8, 4) is 5.69 Å². The maximum absolute atomic E-state index is 13.0. The second kappa shape index (κ2) is 10.3. The van der Waals surface area contributed by atoms with Crippen LogP contribution in [0.4, 0.5) is 5.69 Å². The van der Waals surface area contributed by atoms with Crippen LogP contribution in [0, 0.1) is 5.41 Å². The number of nitrogens with zero attached hydrogens (tertiary/aromatic N) is 1. The van der Waals surface area contributed by atoms with Gasteiger partial charge in [0.15, 0.2) is 0 Å². The van der Waals surface area contributed by atoms with Gasteiger partial charge in [0, 0.05) is 29.0 Å². The molecule has 2 amide bonds. The van der Waals surface area contributed by atoms with E-state index in [0.717, 1.165) is 12.8 Å². The molecule has 3 rings (SSSR count). The fourth-order valence-corrected chi connectivity index (χ4v) is 3.30. The van der Waals surface area contributed by atoms with Crippen molar-refractivity contribution in [2.45, 2.75) is 46.6 Å². The van der Waals surface area contributed by atoms with Crippen molar-refractivity contribution in [3.63, 3.8) is 0 Å². The molecule has 1 unspecified atom stereocenters. The standard InChI is InChI=1S/C27H31N3O3/c1-19(12-13-20-9-6-5-7-10-20)28-24(31)23-11-8-18-30(25(23)32)22-16-14-21(15-17-22)29-26(33)27(2,3)4/h5-11,14-19H,12-13H2,1-4H3,(H,28,31)(H,29,33). The highest BCUT2D eigenvalue weighted by atomic mass is 16.2. The summed E-state index contributed by atoms with van der Waals surface area (Å²) in [6.07, 6.45) is 3.25. The van der Waals surface area contributed by atoms with E-state index in [9.17, 15) is 14.4 Å². The lowest BCUT2D eigenvalue weighted by molar-refractivity contribution is -0.123. The van der Waals surface area contributed by atoms with Crippen LogP contribution in [0.15, 0.2) is 77.7 Å². The number of nitrogens with one attached hydrogen (secondary N) is 2. The van der Waals surface area contributed by atoms with E-state index < -0.39 is 11.0 Å². The lowest BCUT2D eigenvalue weighted by Crippen LogP contribution is -2.37. The molecule has 1 atom stereocenters. The molecule has 0 aliphatic rings. The zero-order valence-corrected chi connectivity index (χ0v) is 19.6. The second-order valence-corrected chi connectivity index (χ2v) is 9.25. The molecule has 2 N–H and O–H groups in total. The van der Waals surface area contributed by atoms with E-state index in [2.05, 4.69) is 22.8 Å². The van der Waals surface area contributed by atoms with Gasteiger partial charge in [-0.05, 0) is 61.7 Å². The Morgan fingerprint density at radius 3 is 2.24 bits per heavy atom. The largest absolute Gasteiger partial charge is 0.349 e. The summed E-state index contributed by atoms with van der Waals surface area (Å²) in [5.74, 6) is -0.476. The molecule has 0 radical (unpaired) electrons. The van der Waals surface area contributed by atoms with E-state index in [1.807, 2.05) is 45.9 Å². The summed E-state index contributed by atoms with van der Waals surface area (Å²) in [6.45, 7) is 7.47.